The number of nitriles is 1. The van der Waals surface area contributed by atoms with Gasteiger partial charge in [-0.05, 0) is 24.6 Å². The van der Waals surface area contributed by atoms with Gasteiger partial charge in [-0.1, -0.05) is 0 Å². The summed E-state index contributed by atoms with van der Waals surface area (Å²) in [5.41, 5.74) is 6.09. The van der Waals surface area contributed by atoms with Crippen molar-refractivity contribution < 1.29 is 13.2 Å². The molecule has 0 spiro atoms. The highest BCUT2D eigenvalue weighted by atomic mass is 35.5. The molecule has 1 atom stereocenters. The summed E-state index contributed by atoms with van der Waals surface area (Å²) in [6, 6.07) is 6.11. The molecule has 1 aliphatic heterocycles. The second-order valence-electron chi connectivity index (χ2n) is 4.39. The van der Waals surface area contributed by atoms with Gasteiger partial charge in [-0.2, -0.15) is 9.57 Å². The van der Waals surface area contributed by atoms with Crippen molar-refractivity contribution in [3.8, 4) is 11.8 Å². The molecule has 1 aliphatic rings. The van der Waals surface area contributed by atoms with Gasteiger partial charge in [0.2, 0.25) is 10.0 Å². The first kappa shape index (κ1) is 16.7. The van der Waals surface area contributed by atoms with E-state index in [2.05, 4.69) is 0 Å². The standard InChI is InChI=1S/C12H15N3O3S.ClH/c1-18-11-6-9(7-13)2-3-12(11)19(16,17)15-5-4-10(14)8-15;/h2-3,6,10H,4-5,8,14H2,1H3;1H/t10-;/m1./s1. The largest absolute Gasteiger partial charge is 0.495 e. The van der Waals surface area contributed by atoms with Crippen molar-refractivity contribution in [2.24, 2.45) is 5.73 Å². The highest BCUT2D eigenvalue weighted by molar-refractivity contribution is 7.89. The van der Waals surface area contributed by atoms with Gasteiger partial charge in [0.25, 0.3) is 0 Å². The Bertz CT molecular complexity index is 627. The molecule has 0 radical (unpaired) electrons. The highest BCUT2D eigenvalue weighted by Gasteiger charge is 2.32. The van der Waals surface area contributed by atoms with Crippen molar-refractivity contribution in [2.45, 2.75) is 17.4 Å². The van der Waals surface area contributed by atoms with Crippen LogP contribution in [0.1, 0.15) is 12.0 Å². The van der Waals surface area contributed by atoms with Gasteiger partial charge in [0, 0.05) is 19.1 Å². The summed E-state index contributed by atoms with van der Waals surface area (Å²) in [6.07, 6.45) is 0.651. The molecule has 2 rings (SSSR count). The van der Waals surface area contributed by atoms with E-state index in [1.54, 1.807) is 0 Å². The quantitative estimate of drug-likeness (QED) is 0.885. The Hall–Kier alpha value is -1.33. The molecule has 1 heterocycles. The molecule has 0 aliphatic carbocycles. The van der Waals surface area contributed by atoms with Crippen LogP contribution >= 0.6 is 12.4 Å². The van der Waals surface area contributed by atoms with Gasteiger partial charge in [-0.3, -0.25) is 0 Å². The molecule has 2 N–H and O–H groups in total. The number of nitrogens with two attached hydrogens (primary N) is 1. The Labute approximate surface area is 124 Å². The zero-order chi connectivity index (χ0) is 14.0. The zero-order valence-corrected chi connectivity index (χ0v) is 12.6. The minimum absolute atomic E-state index is 0. The van der Waals surface area contributed by atoms with E-state index in [0.29, 0.717) is 25.1 Å². The third-order valence-electron chi connectivity index (χ3n) is 3.10. The minimum atomic E-state index is -3.62. The van der Waals surface area contributed by atoms with Crippen LogP contribution in [0.4, 0.5) is 0 Å². The molecular weight excluding hydrogens is 302 g/mol. The third kappa shape index (κ3) is 3.04. The number of hydrogen-bond acceptors (Lipinski definition) is 5. The Morgan fingerprint density at radius 2 is 2.20 bits per heavy atom. The van der Waals surface area contributed by atoms with Gasteiger partial charge >= 0.3 is 0 Å². The molecule has 1 saturated heterocycles. The predicted octanol–water partition coefficient (Wildman–Crippen LogP) is 0.710. The van der Waals surface area contributed by atoms with Crippen molar-refractivity contribution in [2.75, 3.05) is 20.2 Å². The average Bonchev–Trinajstić information content (AvgIpc) is 2.85. The molecule has 1 aromatic rings. The number of ether oxygens (including phenoxy) is 1. The van der Waals surface area contributed by atoms with Crippen molar-refractivity contribution in [1.82, 2.24) is 4.31 Å². The van der Waals surface area contributed by atoms with Crippen LogP contribution < -0.4 is 10.5 Å². The van der Waals surface area contributed by atoms with Gasteiger partial charge in [-0.15, -0.1) is 12.4 Å². The van der Waals surface area contributed by atoms with E-state index in [1.165, 1.54) is 29.6 Å². The fourth-order valence-electron chi connectivity index (χ4n) is 2.06. The van der Waals surface area contributed by atoms with Gasteiger partial charge in [-0.25, -0.2) is 8.42 Å². The van der Waals surface area contributed by atoms with Crippen LogP contribution in [0.15, 0.2) is 23.1 Å². The van der Waals surface area contributed by atoms with Crippen LogP contribution in [0.5, 0.6) is 5.75 Å². The number of methoxy groups -OCH3 is 1. The second kappa shape index (κ2) is 6.41. The third-order valence-corrected chi connectivity index (χ3v) is 5.00. The molecule has 0 aromatic heterocycles. The molecule has 0 unspecified atom stereocenters. The summed E-state index contributed by atoms with van der Waals surface area (Å²) in [6.45, 7) is 0.720. The molecule has 110 valence electrons. The SMILES string of the molecule is COc1cc(C#N)ccc1S(=O)(=O)N1CC[C@@H](N)C1.Cl. The first-order chi connectivity index (χ1) is 8.98. The lowest BCUT2D eigenvalue weighted by Gasteiger charge is -2.17. The number of benzene rings is 1. The molecule has 0 saturated carbocycles. The maximum absolute atomic E-state index is 12.5. The Balaban J connectivity index is 0.00000200. The molecule has 1 aromatic carbocycles. The van der Waals surface area contributed by atoms with Gasteiger partial charge in [0.05, 0.1) is 18.7 Å². The Kier molecular flexibility index (Phi) is 5.36. The van der Waals surface area contributed by atoms with E-state index in [0.717, 1.165) is 0 Å². The van der Waals surface area contributed by atoms with Crippen molar-refractivity contribution in [3.05, 3.63) is 23.8 Å². The first-order valence-corrected chi connectivity index (χ1v) is 7.27. The van der Waals surface area contributed by atoms with Crippen molar-refractivity contribution >= 4 is 22.4 Å². The van der Waals surface area contributed by atoms with E-state index in [4.69, 9.17) is 15.7 Å². The van der Waals surface area contributed by atoms with E-state index in [9.17, 15) is 8.42 Å². The summed E-state index contributed by atoms with van der Waals surface area (Å²) in [5.74, 6) is 0.180. The fraction of sp³-hybridized carbons (Fsp3) is 0.417. The topological polar surface area (TPSA) is 96.4 Å². The fourth-order valence-corrected chi connectivity index (χ4v) is 3.71. The summed E-state index contributed by atoms with van der Waals surface area (Å²) >= 11 is 0. The normalized spacial score (nSPS) is 19.1. The second-order valence-corrected chi connectivity index (χ2v) is 6.30. The number of rotatable bonds is 3. The molecule has 0 amide bonds. The smallest absolute Gasteiger partial charge is 0.246 e. The predicted molar refractivity (Wildman–Crippen MR) is 76.3 cm³/mol. The lowest BCUT2D eigenvalue weighted by Crippen LogP contribution is -2.32. The lowest BCUT2D eigenvalue weighted by molar-refractivity contribution is 0.398. The molecule has 0 bridgehead atoms. The number of sulfonamides is 1. The van der Waals surface area contributed by atoms with Crippen LogP contribution in [-0.2, 0) is 10.0 Å². The Morgan fingerprint density at radius 3 is 2.70 bits per heavy atom. The van der Waals surface area contributed by atoms with Crippen LogP contribution in [0.3, 0.4) is 0 Å². The summed E-state index contributed by atoms with van der Waals surface area (Å²) < 4.78 is 31.4. The van der Waals surface area contributed by atoms with Gasteiger partial charge in [0.1, 0.15) is 10.6 Å². The molecule has 20 heavy (non-hydrogen) atoms. The van der Waals surface area contributed by atoms with Gasteiger partial charge < -0.3 is 10.5 Å². The molecular formula is C12H16ClN3O3S. The molecule has 8 heteroatoms. The monoisotopic (exact) mass is 317 g/mol. The summed E-state index contributed by atoms with van der Waals surface area (Å²) in [5, 5.41) is 8.82. The van der Waals surface area contributed by atoms with E-state index >= 15 is 0 Å². The van der Waals surface area contributed by atoms with E-state index < -0.39 is 10.0 Å². The van der Waals surface area contributed by atoms with Crippen molar-refractivity contribution in [1.29, 1.82) is 5.26 Å². The molecule has 1 fully saturated rings. The number of hydrogen-bond donors (Lipinski definition) is 1. The van der Waals surface area contributed by atoms with Crippen LogP contribution in [0, 0.1) is 11.3 Å². The van der Waals surface area contributed by atoms with E-state index in [-0.39, 0.29) is 29.1 Å². The van der Waals surface area contributed by atoms with E-state index in [1.807, 2.05) is 6.07 Å². The zero-order valence-electron chi connectivity index (χ0n) is 10.9. The summed E-state index contributed by atoms with van der Waals surface area (Å²) in [7, 11) is -2.24. The van der Waals surface area contributed by atoms with Crippen LogP contribution in [0.2, 0.25) is 0 Å². The lowest BCUT2D eigenvalue weighted by atomic mass is 10.2. The van der Waals surface area contributed by atoms with Crippen molar-refractivity contribution in [3.63, 3.8) is 0 Å². The molecule has 6 nitrogen and oxygen atoms in total. The highest BCUT2D eigenvalue weighted by Crippen LogP contribution is 2.29. The Morgan fingerprint density at radius 1 is 1.50 bits per heavy atom. The maximum atomic E-state index is 12.5. The summed E-state index contributed by atoms with van der Waals surface area (Å²) in [4.78, 5) is 0.0723. The van der Waals surface area contributed by atoms with Gasteiger partial charge in [0.15, 0.2) is 0 Å². The number of halogens is 1. The van der Waals surface area contributed by atoms with Crippen LogP contribution in [0.25, 0.3) is 0 Å². The average molecular weight is 318 g/mol. The minimum Gasteiger partial charge on any atom is -0.495 e. The first-order valence-electron chi connectivity index (χ1n) is 5.83. The number of nitrogens with zero attached hydrogens (tertiary/aromatic N) is 2. The van der Waals surface area contributed by atoms with Crippen LogP contribution in [-0.4, -0.2) is 39.0 Å². The maximum Gasteiger partial charge on any atom is 0.246 e.